The van der Waals surface area contributed by atoms with Crippen LogP contribution in [0.15, 0.2) is 47.6 Å². The van der Waals surface area contributed by atoms with Crippen LogP contribution >= 0.6 is 0 Å². The van der Waals surface area contributed by atoms with E-state index in [4.69, 9.17) is 5.11 Å². The molecule has 0 amide bonds. The number of benzene rings is 1. The Labute approximate surface area is 123 Å². The molecule has 0 atom stereocenters. The van der Waals surface area contributed by atoms with Crippen molar-refractivity contribution in [3.05, 3.63) is 48.3 Å². The van der Waals surface area contributed by atoms with Crippen LogP contribution in [0.4, 0.5) is 5.69 Å². The van der Waals surface area contributed by atoms with E-state index < -0.39 is 22.5 Å². The zero-order valence-electron chi connectivity index (χ0n) is 11.7. The highest BCUT2D eigenvalue weighted by atomic mass is 32.2. The van der Waals surface area contributed by atoms with E-state index in [9.17, 15) is 13.2 Å². The molecule has 1 aromatic carbocycles. The van der Waals surface area contributed by atoms with Crippen molar-refractivity contribution in [3.8, 4) is 0 Å². The zero-order chi connectivity index (χ0) is 15.6. The lowest BCUT2D eigenvalue weighted by molar-refractivity contribution is -0.135. The number of hydrogen-bond donors (Lipinski definition) is 1. The van der Waals surface area contributed by atoms with Gasteiger partial charge in [0, 0.05) is 19.4 Å². The molecule has 7 heteroatoms. The summed E-state index contributed by atoms with van der Waals surface area (Å²) in [5.41, 5.74) is 1.29. The number of carboxylic acid groups (broad SMARTS) is 1. The summed E-state index contributed by atoms with van der Waals surface area (Å²) in [6.45, 7) is 1.25. The Morgan fingerprint density at radius 1 is 1.24 bits per heavy atom. The highest BCUT2D eigenvalue weighted by Crippen LogP contribution is 2.24. The maximum atomic E-state index is 12.6. The maximum absolute atomic E-state index is 12.6. The van der Waals surface area contributed by atoms with Crippen molar-refractivity contribution >= 4 is 21.7 Å². The van der Waals surface area contributed by atoms with Crippen LogP contribution in [-0.4, -0.2) is 30.6 Å². The predicted octanol–water partition coefficient (Wildman–Crippen LogP) is 1.61. The van der Waals surface area contributed by atoms with E-state index >= 15 is 0 Å². The van der Waals surface area contributed by atoms with Crippen LogP contribution in [0.3, 0.4) is 0 Å². The molecule has 0 radical (unpaired) electrons. The minimum atomic E-state index is -3.91. The van der Waals surface area contributed by atoms with E-state index in [-0.39, 0.29) is 4.90 Å². The Bertz CT molecular complexity index is 748. The second kappa shape index (κ2) is 5.61. The van der Waals surface area contributed by atoms with Gasteiger partial charge in [-0.3, -0.25) is 9.10 Å². The zero-order valence-corrected chi connectivity index (χ0v) is 12.5. The summed E-state index contributed by atoms with van der Waals surface area (Å²) >= 11 is 0. The third-order valence-electron chi connectivity index (χ3n) is 2.99. The van der Waals surface area contributed by atoms with Gasteiger partial charge >= 0.3 is 5.97 Å². The molecular formula is C14H16N2O4S. The van der Waals surface area contributed by atoms with Crippen molar-refractivity contribution in [1.82, 2.24) is 4.57 Å². The molecule has 1 aromatic heterocycles. The molecule has 0 spiro atoms. The van der Waals surface area contributed by atoms with E-state index in [1.807, 2.05) is 6.92 Å². The fourth-order valence-corrected chi connectivity index (χ4v) is 3.37. The van der Waals surface area contributed by atoms with Crippen molar-refractivity contribution in [2.24, 2.45) is 7.05 Å². The quantitative estimate of drug-likeness (QED) is 0.910. The average molecular weight is 308 g/mol. The first kappa shape index (κ1) is 15.1. The number of aromatic nitrogens is 1. The Balaban J connectivity index is 2.49. The third-order valence-corrected chi connectivity index (χ3v) is 4.75. The molecular weight excluding hydrogens is 292 g/mol. The number of carbonyl (C=O) groups is 1. The number of nitrogens with zero attached hydrogens (tertiary/aromatic N) is 2. The van der Waals surface area contributed by atoms with Crippen LogP contribution in [0.25, 0.3) is 0 Å². The molecule has 0 fully saturated rings. The number of sulfonamides is 1. The number of aliphatic carboxylic acids is 1. The lowest BCUT2D eigenvalue weighted by Crippen LogP contribution is -2.35. The second-order valence-corrected chi connectivity index (χ2v) is 6.62. The number of carboxylic acids is 1. The minimum Gasteiger partial charge on any atom is -0.480 e. The summed E-state index contributed by atoms with van der Waals surface area (Å²) in [5, 5.41) is 9.00. The molecule has 0 saturated carbocycles. The molecule has 1 N–H and O–H groups in total. The molecule has 0 aliphatic carbocycles. The van der Waals surface area contributed by atoms with Crippen LogP contribution in [0, 0.1) is 6.92 Å². The van der Waals surface area contributed by atoms with Crippen LogP contribution in [-0.2, 0) is 21.9 Å². The first-order valence-electron chi connectivity index (χ1n) is 6.24. The van der Waals surface area contributed by atoms with Crippen LogP contribution < -0.4 is 4.31 Å². The van der Waals surface area contributed by atoms with E-state index in [0.29, 0.717) is 5.69 Å². The van der Waals surface area contributed by atoms with Crippen molar-refractivity contribution in [1.29, 1.82) is 0 Å². The average Bonchev–Trinajstić information content (AvgIpc) is 2.84. The lowest BCUT2D eigenvalue weighted by Gasteiger charge is -2.22. The first-order chi connectivity index (χ1) is 9.80. The van der Waals surface area contributed by atoms with E-state index in [0.717, 1.165) is 9.87 Å². The number of rotatable bonds is 5. The van der Waals surface area contributed by atoms with Crippen molar-refractivity contribution in [2.45, 2.75) is 11.8 Å². The normalized spacial score (nSPS) is 11.3. The second-order valence-electron chi connectivity index (χ2n) is 4.75. The van der Waals surface area contributed by atoms with Gasteiger partial charge in [0.1, 0.15) is 11.4 Å². The van der Waals surface area contributed by atoms with Gasteiger partial charge in [-0.25, -0.2) is 8.42 Å². The van der Waals surface area contributed by atoms with Crippen LogP contribution in [0.1, 0.15) is 5.56 Å². The Morgan fingerprint density at radius 2 is 1.86 bits per heavy atom. The Kier molecular flexibility index (Phi) is 4.04. The molecule has 0 saturated heterocycles. The monoisotopic (exact) mass is 308 g/mol. The van der Waals surface area contributed by atoms with Gasteiger partial charge < -0.3 is 9.67 Å². The van der Waals surface area contributed by atoms with Gasteiger partial charge in [0.2, 0.25) is 0 Å². The molecule has 1 heterocycles. The lowest BCUT2D eigenvalue weighted by atomic mass is 10.2. The summed E-state index contributed by atoms with van der Waals surface area (Å²) in [5.74, 6) is -1.21. The third kappa shape index (κ3) is 3.25. The number of anilines is 1. The summed E-state index contributed by atoms with van der Waals surface area (Å²) < 4.78 is 27.7. The number of aryl methyl sites for hydroxylation is 2. The van der Waals surface area contributed by atoms with Crippen molar-refractivity contribution in [2.75, 3.05) is 10.8 Å². The summed E-state index contributed by atoms with van der Waals surface area (Å²) in [6.07, 6.45) is 3.04. The van der Waals surface area contributed by atoms with Crippen LogP contribution in [0.2, 0.25) is 0 Å². The van der Waals surface area contributed by atoms with Gasteiger partial charge in [0.15, 0.2) is 0 Å². The van der Waals surface area contributed by atoms with E-state index in [2.05, 4.69) is 0 Å². The fraction of sp³-hybridized carbons (Fsp3) is 0.214. The molecule has 21 heavy (non-hydrogen) atoms. The van der Waals surface area contributed by atoms with E-state index in [1.165, 1.54) is 12.3 Å². The summed E-state index contributed by atoms with van der Waals surface area (Å²) in [7, 11) is -2.21. The van der Waals surface area contributed by atoms with Gasteiger partial charge in [0.05, 0.1) is 5.69 Å². The molecule has 0 aliphatic heterocycles. The van der Waals surface area contributed by atoms with Crippen molar-refractivity contribution in [3.63, 3.8) is 0 Å². The minimum absolute atomic E-state index is 0.0619. The molecule has 6 nitrogen and oxygen atoms in total. The Morgan fingerprint density at radius 3 is 2.33 bits per heavy atom. The van der Waals surface area contributed by atoms with Gasteiger partial charge in [-0.15, -0.1) is 0 Å². The van der Waals surface area contributed by atoms with Gasteiger partial charge in [-0.1, -0.05) is 17.7 Å². The smallest absolute Gasteiger partial charge is 0.324 e. The summed E-state index contributed by atoms with van der Waals surface area (Å²) in [6, 6.07) is 8.12. The molecule has 0 bridgehead atoms. The standard InChI is InChI=1S/C14H16N2O4S/c1-11-3-5-12(6-4-11)16(10-14(17)18)21(19,20)13-7-8-15(2)9-13/h3-9H,10H2,1-2H3,(H,17,18). The SMILES string of the molecule is Cc1ccc(N(CC(=O)O)S(=O)(=O)c2ccn(C)c2)cc1. The highest BCUT2D eigenvalue weighted by Gasteiger charge is 2.27. The Hall–Kier alpha value is -2.28. The topological polar surface area (TPSA) is 79.6 Å². The highest BCUT2D eigenvalue weighted by molar-refractivity contribution is 7.92. The fourth-order valence-electron chi connectivity index (χ4n) is 1.91. The van der Waals surface area contributed by atoms with Gasteiger partial charge in [-0.05, 0) is 25.1 Å². The summed E-state index contributed by atoms with van der Waals surface area (Å²) in [4.78, 5) is 11.1. The number of hydrogen-bond acceptors (Lipinski definition) is 3. The van der Waals surface area contributed by atoms with E-state index in [1.54, 1.807) is 42.1 Å². The predicted molar refractivity (Wildman–Crippen MR) is 78.8 cm³/mol. The maximum Gasteiger partial charge on any atom is 0.324 e. The molecule has 2 rings (SSSR count). The molecule has 2 aromatic rings. The van der Waals surface area contributed by atoms with Crippen LogP contribution in [0.5, 0.6) is 0 Å². The molecule has 112 valence electrons. The van der Waals surface area contributed by atoms with Gasteiger partial charge in [0.25, 0.3) is 10.0 Å². The molecule has 0 unspecified atom stereocenters. The van der Waals surface area contributed by atoms with Crippen molar-refractivity contribution < 1.29 is 18.3 Å². The largest absolute Gasteiger partial charge is 0.480 e. The molecule has 0 aliphatic rings. The van der Waals surface area contributed by atoms with Gasteiger partial charge in [-0.2, -0.15) is 0 Å². The first-order valence-corrected chi connectivity index (χ1v) is 7.68.